The molecule has 0 atom stereocenters. The summed E-state index contributed by atoms with van der Waals surface area (Å²) in [5, 5.41) is 8.66. The number of aromatic amines is 1. The lowest BCUT2D eigenvalue weighted by Gasteiger charge is -1.99. The molecule has 2 rings (SSSR count). The van der Waals surface area contributed by atoms with Gasteiger partial charge >= 0.3 is 5.97 Å². The van der Waals surface area contributed by atoms with Crippen molar-refractivity contribution in [2.75, 3.05) is 0 Å². The van der Waals surface area contributed by atoms with E-state index in [1.54, 1.807) is 6.07 Å². The highest BCUT2D eigenvalue weighted by Crippen LogP contribution is 2.16. The maximum absolute atomic E-state index is 13.3. The van der Waals surface area contributed by atoms with E-state index < -0.39 is 11.8 Å². The van der Waals surface area contributed by atoms with E-state index in [0.29, 0.717) is 5.52 Å². The number of para-hydroxylation sites is 1. The lowest BCUT2D eigenvalue weighted by molar-refractivity contribution is -0.137. The lowest BCUT2D eigenvalue weighted by Crippen LogP contribution is -2.08. The second-order valence-electron chi connectivity index (χ2n) is 3.04. The normalized spacial score (nSPS) is 10.7. The van der Waals surface area contributed by atoms with Crippen molar-refractivity contribution < 1.29 is 14.3 Å². The smallest absolute Gasteiger partial charge is 0.323 e. The highest BCUT2D eigenvalue weighted by Gasteiger charge is 2.09. The van der Waals surface area contributed by atoms with E-state index >= 15 is 0 Å². The molecule has 2 N–H and O–H groups in total. The van der Waals surface area contributed by atoms with Gasteiger partial charge in [0, 0.05) is 0 Å². The molecule has 0 fully saturated rings. The molecule has 0 radical (unpaired) electrons. The average molecular weight is 226 g/mol. The van der Waals surface area contributed by atoms with Gasteiger partial charge in [-0.05, 0) is 24.4 Å². The Bertz CT molecular complexity index is 587. The number of fused-ring (bicyclic) bond motifs is 1. The van der Waals surface area contributed by atoms with E-state index in [2.05, 4.69) is 4.98 Å². The molecule has 1 aromatic carbocycles. The van der Waals surface area contributed by atoms with Gasteiger partial charge in [0.2, 0.25) is 0 Å². The van der Waals surface area contributed by atoms with E-state index in [1.807, 2.05) is 0 Å². The molecule has 0 bridgehead atoms. The van der Waals surface area contributed by atoms with Crippen molar-refractivity contribution in [2.24, 2.45) is 0 Å². The van der Waals surface area contributed by atoms with Crippen LogP contribution in [0.3, 0.4) is 0 Å². The van der Waals surface area contributed by atoms with Crippen LogP contribution in [-0.2, 0) is 11.3 Å². The molecule has 4 nitrogen and oxygen atoms in total. The molecule has 0 amide bonds. The number of carbonyl (C=O) groups is 1. The highest BCUT2D eigenvalue weighted by molar-refractivity contribution is 7.71. The Morgan fingerprint density at radius 2 is 2.33 bits per heavy atom. The van der Waals surface area contributed by atoms with Crippen LogP contribution in [0, 0.1) is 10.6 Å². The van der Waals surface area contributed by atoms with Crippen molar-refractivity contribution in [1.82, 2.24) is 9.55 Å². The molecule has 2 aromatic rings. The molecule has 0 unspecified atom stereocenters. The first kappa shape index (κ1) is 9.85. The molecule has 0 aliphatic carbocycles. The molecule has 78 valence electrons. The zero-order chi connectivity index (χ0) is 11.0. The Labute approximate surface area is 89.0 Å². The molecule has 1 aromatic heterocycles. The predicted molar refractivity (Wildman–Crippen MR) is 54.7 cm³/mol. The Morgan fingerprint density at radius 1 is 1.60 bits per heavy atom. The van der Waals surface area contributed by atoms with Gasteiger partial charge in [-0.25, -0.2) is 4.39 Å². The number of hydrogen-bond acceptors (Lipinski definition) is 2. The van der Waals surface area contributed by atoms with Gasteiger partial charge in [-0.3, -0.25) is 4.79 Å². The van der Waals surface area contributed by atoms with Crippen LogP contribution in [0.15, 0.2) is 18.2 Å². The van der Waals surface area contributed by atoms with E-state index in [0.717, 1.165) is 0 Å². The van der Waals surface area contributed by atoms with Crippen molar-refractivity contribution in [1.29, 1.82) is 0 Å². The monoisotopic (exact) mass is 226 g/mol. The molecular formula is C9H7FN2O2S. The maximum Gasteiger partial charge on any atom is 0.323 e. The minimum absolute atomic E-state index is 0.206. The molecule has 6 heteroatoms. The summed E-state index contributed by atoms with van der Waals surface area (Å²) >= 11 is 4.91. The number of H-pyrrole nitrogens is 1. The quantitative estimate of drug-likeness (QED) is 0.769. The molecule has 0 spiro atoms. The van der Waals surface area contributed by atoms with Crippen molar-refractivity contribution in [3.63, 3.8) is 0 Å². The lowest BCUT2D eigenvalue weighted by atomic mass is 10.3. The Hall–Kier alpha value is -1.69. The minimum Gasteiger partial charge on any atom is -0.480 e. The fourth-order valence-corrected chi connectivity index (χ4v) is 1.70. The Morgan fingerprint density at radius 3 is 3.00 bits per heavy atom. The molecule has 0 aliphatic rings. The first-order chi connectivity index (χ1) is 7.09. The Kier molecular flexibility index (Phi) is 2.28. The SMILES string of the molecule is O=C(O)Cn1c(=S)[nH]c2c(F)cccc21. The maximum atomic E-state index is 13.3. The fourth-order valence-electron chi connectivity index (χ4n) is 1.44. The third-order valence-electron chi connectivity index (χ3n) is 2.05. The van der Waals surface area contributed by atoms with E-state index in [4.69, 9.17) is 17.3 Å². The molecule has 0 saturated heterocycles. The van der Waals surface area contributed by atoms with Gasteiger partial charge in [-0.1, -0.05) is 6.07 Å². The first-order valence-electron chi connectivity index (χ1n) is 4.18. The number of hydrogen-bond donors (Lipinski definition) is 2. The number of nitrogens with zero attached hydrogens (tertiary/aromatic N) is 1. The number of benzene rings is 1. The van der Waals surface area contributed by atoms with Crippen LogP contribution in [0.2, 0.25) is 0 Å². The van der Waals surface area contributed by atoms with E-state index in [-0.39, 0.29) is 16.8 Å². The van der Waals surface area contributed by atoms with Crippen LogP contribution in [0.1, 0.15) is 0 Å². The summed E-state index contributed by atoms with van der Waals surface area (Å²) in [4.78, 5) is 13.2. The van der Waals surface area contributed by atoms with Gasteiger partial charge in [0.15, 0.2) is 4.77 Å². The minimum atomic E-state index is -1.02. The number of carboxylic acid groups (broad SMARTS) is 1. The summed E-state index contributed by atoms with van der Waals surface area (Å²) in [7, 11) is 0. The topological polar surface area (TPSA) is 58.0 Å². The zero-order valence-corrected chi connectivity index (χ0v) is 8.34. The number of aromatic nitrogens is 2. The van der Waals surface area contributed by atoms with Crippen molar-refractivity contribution >= 4 is 29.2 Å². The summed E-state index contributed by atoms with van der Waals surface area (Å²) in [5.41, 5.74) is 0.700. The second kappa shape index (κ2) is 3.47. The van der Waals surface area contributed by atoms with Gasteiger partial charge in [0.05, 0.1) is 5.52 Å². The third-order valence-corrected chi connectivity index (χ3v) is 2.38. The Balaban J connectivity index is 2.74. The van der Waals surface area contributed by atoms with Gasteiger partial charge in [-0.2, -0.15) is 0 Å². The number of halogens is 1. The van der Waals surface area contributed by atoms with E-state index in [1.165, 1.54) is 16.7 Å². The van der Waals surface area contributed by atoms with Crippen LogP contribution in [0.4, 0.5) is 4.39 Å². The van der Waals surface area contributed by atoms with Crippen molar-refractivity contribution in [3.05, 3.63) is 28.8 Å². The van der Waals surface area contributed by atoms with Crippen LogP contribution < -0.4 is 0 Å². The summed E-state index contributed by atoms with van der Waals surface area (Å²) in [6, 6.07) is 4.42. The molecule has 15 heavy (non-hydrogen) atoms. The van der Waals surface area contributed by atoms with Gasteiger partial charge in [0.1, 0.15) is 17.9 Å². The van der Waals surface area contributed by atoms with Crippen LogP contribution in [0.25, 0.3) is 11.0 Å². The van der Waals surface area contributed by atoms with Crippen molar-refractivity contribution in [2.45, 2.75) is 6.54 Å². The zero-order valence-electron chi connectivity index (χ0n) is 7.53. The fraction of sp³-hybridized carbons (Fsp3) is 0.111. The number of carboxylic acids is 1. The standard InChI is InChI=1S/C9H7FN2O2S/c10-5-2-1-3-6-8(5)11-9(15)12(6)4-7(13)14/h1-3H,4H2,(H,11,15)(H,13,14). The number of imidazole rings is 1. The second-order valence-corrected chi connectivity index (χ2v) is 3.43. The summed E-state index contributed by atoms with van der Waals surface area (Å²) in [5.74, 6) is -1.46. The predicted octanol–water partition coefficient (Wildman–Crippen LogP) is 1.92. The van der Waals surface area contributed by atoms with Gasteiger partial charge in [-0.15, -0.1) is 0 Å². The molecular weight excluding hydrogens is 219 g/mol. The number of rotatable bonds is 2. The van der Waals surface area contributed by atoms with E-state index in [9.17, 15) is 9.18 Å². The van der Waals surface area contributed by atoms with Gasteiger partial charge < -0.3 is 14.7 Å². The van der Waals surface area contributed by atoms with Gasteiger partial charge in [0.25, 0.3) is 0 Å². The largest absolute Gasteiger partial charge is 0.480 e. The summed E-state index contributed by atoms with van der Waals surface area (Å²) < 4.78 is 14.8. The molecule has 1 heterocycles. The number of aliphatic carboxylic acids is 1. The summed E-state index contributed by atoms with van der Waals surface area (Å²) in [6.07, 6.45) is 0. The molecule has 0 saturated carbocycles. The first-order valence-corrected chi connectivity index (χ1v) is 4.59. The average Bonchev–Trinajstić information content (AvgIpc) is 2.45. The molecule has 0 aliphatic heterocycles. The summed E-state index contributed by atoms with van der Waals surface area (Å²) in [6.45, 7) is -0.276. The highest BCUT2D eigenvalue weighted by atomic mass is 32.1. The van der Waals surface area contributed by atoms with Crippen LogP contribution in [0.5, 0.6) is 0 Å². The van der Waals surface area contributed by atoms with Crippen molar-refractivity contribution in [3.8, 4) is 0 Å². The van der Waals surface area contributed by atoms with Crippen LogP contribution in [-0.4, -0.2) is 20.6 Å². The van der Waals surface area contributed by atoms with Crippen LogP contribution >= 0.6 is 12.2 Å². The number of nitrogens with one attached hydrogen (secondary N) is 1. The third kappa shape index (κ3) is 1.63.